The van der Waals surface area contributed by atoms with Crippen LogP contribution in [0.3, 0.4) is 0 Å². The standard InChI is InChI=1S/C15H15N3O7S/c19-10-12(9-11-5-1-2-6-13(11)17(20)21)16-26(24,25)15-8-4-3-7-14(15)18(22)23/h1-8,12,16,19H,9-10H2/t12-/m1/s1. The first-order valence-electron chi connectivity index (χ1n) is 7.35. The Labute approximate surface area is 148 Å². The summed E-state index contributed by atoms with van der Waals surface area (Å²) in [5.74, 6) is 0. The van der Waals surface area contributed by atoms with Crippen molar-refractivity contribution in [3.8, 4) is 0 Å². The van der Waals surface area contributed by atoms with Gasteiger partial charge in [0.15, 0.2) is 4.90 Å². The van der Waals surface area contributed by atoms with Crippen LogP contribution < -0.4 is 4.72 Å². The van der Waals surface area contributed by atoms with Gasteiger partial charge in [-0.2, -0.15) is 0 Å². The van der Waals surface area contributed by atoms with Gasteiger partial charge in [0.25, 0.3) is 11.4 Å². The lowest BCUT2D eigenvalue weighted by Crippen LogP contribution is -2.39. The van der Waals surface area contributed by atoms with Gasteiger partial charge in [-0.25, -0.2) is 13.1 Å². The van der Waals surface area contributed by atoms with E-state index in [1.165, 1.54) is 30.3 Å². The molecule has 2 rings (SSSR count). The largest absolute Gasteiger partial charge is 0.395 e. The SMILES string of the molecule is O=[N+]([O-])c1ccccc1C[C@H](CO)NS(=O)(=O)c1ccccc1[N+](=O)[O-]. The van der Waals surface area contributed by atoms with E-state index in [1.54, 1.807) is 6.07 Å². The Kier molecular flexibility index (Phi) is 5.97. The molecule has 1 atom stereocenters. The van der Waals surface area contributed by atoms with Gasteiger partial charge < -0.3 is 5.11 Å². The topological polar surface area (TPSA) is 153 Å². The molecule has 0 saturated carbocycles. The summed E-state index contributed by atoms with van der Waals surface area (Å²) in [6.07, 6.45) is -0.159. The molecule has 26 heavy (non-hydrogen) atoms. The second-order valence-electron chi connectivity index (χ2n) is 5.32. The summed E-state index contributed by atoms with van der Waals surface area (Å²) in [5, 5.41) is 31.5. The Morgan fingerprint density at radius 3 is 2.08 bits per heavy atom. The van der Waals surface area contributed by atoms with Crippen molar-refractivity contribution in [3.63, 3.8) is 0 Å². The van der Waals surface area contributed by atoms with Crippen LogP contribution >= 0.6 is 0 Å². The van der Waals surface area contributed by atoms with Crippen molar-refractivity contribution in [2.45, 2.75) is 17.4 Å². The van der Waals surface area contributed by atoms with E-state index in [0.717, 1.165) is 12.1 Å². The van der Waals surface area contributed by atoms with Crippen molar-refractivity contribution in [2.75, 3.05) is 6.61 Å². The molecule has 0 saturated heterocycles. The summed E-state index contributed by atoms with van der Waals surface area (Å²) < 4.78 is 27.1. The van der Waals surface area contributed by atoms with Gasteiger partial charge in [0.2, 0.25) is 10.0 Å². The highest BCUT2D eigenvalue weighted by Gasteiger charge is 2.28. The maximum atomic E-state index is 12.5. The van der Waals surface area contributed by atoms with Gasteiger partial charge in [0.05, 0.1) is 16.5 Å². The Morgan fingerprint density at radius 1 is 0.962 bits per heavy atom. The number of rotatable bonds is 8. The van der Waals surface area contributed by atoms with Crippen molar-refractivity contribution in [3.05, 3.63) is 74.3 Å². The molecule has 138 valence electrons. The molecule has 2 N–H and O–H groups in total. The summed E-state index contributed by atoms with van der Waals surface area (Å²) in [7, 11) is -4.32. The average molecular weight is 381 g/mol. The van der Waals surface area contributed by atoms with E-state index in [0.29, 0.717) is 0 Å². The number of hydrogen-bond acceptors (Lipinski definition) is 7. The predicted octanol–water partition coefficient (Wildman–Crippen LogP) is 1.38. The van der Waals surface area contributed by atoms with Crippen LogP contribution in [0.25, 0.3) is 0 Å². The number of nitrogens with zero attached hydrogens (tertiary/aromatic N) is 2. The second-order valence-corrected chi connectivity index (χ2v) is 7.00. The third kappa shape index (κ3) is 4.39. The number of aliphatic hydroxyl groups excluding tert-OH is 1. The highest BCUT2D eigenvalue weighted by molar-refractivity contribution is 7.89. The zero-order valence-electron chi connectivity index (χ0n) is 13.3. The van der Waals surface area contributed by atoms with Crippen molar-refractivity contribution >= 4 is 21.4 Å². The quantitative estimate of drug-likeness (QED) is 0.517. The molecule has 0 unspecified atom stereocenters. The molecule has 10 nitrogen and oxygen atoms in total. The fourth-order valence-electron chi connectivity index (χ4n) is 2.39. The third-order valence-electron chi connectivity index (χ3n) is 3.55. The van der Waals surface area contributed by atoms with Gasteiger partial charge in [-0.15, -0.1) is 0 Å². The molecule has 2 aromatic carbocycles. The molecule has 11 heteroatoms. The van der Waals surface area contributed by atoms with Crippen LogP contribution in [0.1, 0.15) is 5.56 Å². The van der Waals surface area contributed by atoms with E-state index in [-0.39, 0.29) is 17.7 Å². The van der Waals surface area contributed by atoms with E-state index in [1.807, 2.05) is 0 Å². The monoisotopic (exact) mass is 381 g/mol. The maximum absolute atomic E-state index is 12.5. The number of hydrogen-bond donors (Lipinski definition) is 2. The molecule has 0 aromatic heterocycles. The lowest BCUT2D eigenvalue weighted by atomic mass is 10.1. The molecule has 0 heterocycles. The van der Waals surface area contributed by atoms with Crippen LogP contribution in [0.15, 0.2) is 53.4 Å². The molecule has 0 fully saturated rings. The number of nitro benzene ring substituents is 2. The minimum atomic E-state index is -4.32. The van der Waals surface area contributed by atoms with E-state index in [9.17, 15) is 33.8 Å². The number of para-hydroxylation sites is 2. The van der Waals surface area contributed by atoms with Crippen molar-refractivity contribution in [1.29, 1.82) is 0 Å². The number of nitro groups is 2. The zero-order chi connectivity index (χ0) is 19.3. The first-order chi connectivity index (χ1) is 12.3. The molecule has 0 amide bonds. The van der Waals surface area contributed by atoms with Crippen LogP contribution in [-0.2, 0) is 16.4 Å². The summed E-state index contributed by atoms with van der Waals surface area (Å²) in [5.41, 5.74) is -0.597. The summed E-state index contributed by atoms with van der Waals surface area (Å²) >= 11 is 0. The van der Waals surface area contributed by atoms with Crippen LogP contribution in [0.2, 0.25) is 0 Å². The third-order valence-corrected chi connectivity index (χ3v) is 5.12. The molecular weight excluding hydrogens is 366 g/mol. The van der Waals surface area contributed by atoms with Crippen LogP contribution in [0.5, 0.6) is 0 Å². The molecule has 0 spiro atoms. The van der Waals surface area contributed by atoms with Gasteiger partial charge >= 0.3 is 0 Å². The maximum Gasteiger partial charge on any atom is 0.289 e. The fourth-order valence-corrected chi connectivity index (χ4v) is 3.79. The molecule has 2 aromatic rings. The molecule has 0 aliphatic rings. The minimum absolute atomic E-state index is 0.159. The van der Waals surface area contributed by atoms with Crippen LogP contribution in [-0.4, -0.2) is 36.0 Å². The Bertz CT molecular complexity index is 930. The highest BCUT2D eigenvalue weighted by atomic mass is 32.2. The van der Waals surface area contributed by atoms with Crippen LogP contribution in [0, 0.1) is 20.2 Å². The lowest BCUT2D eigenvalue weighted by molar-refractivity contribution is -0.387. The van der Waals surface area contributed by atoms with Gasteiger partial charge in [-0.3, -0.25) is 20.2 Å². The van der Waals surface area contributed by atoms with Crippen molar-refractivity contribution in [1.82, 2.24) is 4.72 Å². The van der Waals surface area contributed by atoms with Gasteiger partial charge in [0.1, 0.15) is 0 Å². The summed E-state index contributed by atoms with van der Waals surface area (Å²) in [4.78, 5) is 20.1. The van der Waals surface area contributed by atoms with E-state index >= 15 is 0 Å². The first kappa shape index (κ1) is 19.4. The number of aliphatic hydroxyl groups is 1. The van der Waals surface area contributed by atoms with Gasteiger partial charge in [-0.1, -0.05) is 30.3 Å². The number of sulfonamides is 1. The van der Waals surface area contributed by atoms with Crippen LogP contribution in [0.4, 0.5) is 11.4 Å². The molecule has 0 aliphatic carbocycles. The smallest absolute Gasteiger partial charge is 0.289 e. The normalized spacial score (nSPS) is 12.5. The number of benzene rings is 2. The predicted molar refractivity (Wildman–Crippen MR) is 91.1 cm³/mol. The van der Waals surface area contributed by atoms with Crippen molar-refractivity contribution < 1.29 is 23.4 Å². The second kappa shape index (κ2) is 7.99. The van der Waals surface area contributed by atoms with E-state index < -0.39 is 43.1 Å². The Balaban J connectivity index is 2.31. The van der Waals surface area contributed by atoms with E-state index in [4.69, 9.17) is 0 Å². The summed E-state index contributed by atoms with van der Waals surface area (Å²) in [6, 6.07) is 9.40. The lowest BCUT2D eigenvalue weighted by Gasteiger charge is -2.16. The zero-order valence-corrected chi connectivity index (χ0v) is 14.1. The average Bonchev–Trinajstić information content (AvgIpc) is 2.61. The van der Waals surface area contributed by atoms with Crippen molar-refractivity contribution in [2.24, 2.45) is 0 Å². The minimum Gasteiger partial charge on any atom is -0.395 e. The highest BCUT2D eigenvalue weighted by Crippen LogP contribution is 2.24. The Hall–Kier alpha value is -2.89. The van der Waals surface area contributed by atoms with E-state index in [2.05, 4.69) is 4.72 Å². The molecule has 0 aliphatic heterocycles. The van der Waals surface area contributed by atoms with Gasteiger partial charge in [-0.05, 0) is 12.5 Å². The van der Waals surface area contributed by atoms with Gasteiger partial charge in [0, 0.05) is 23.7 Å². The first-order valence-corrected chi connectivity index (χ1v) is 8.83. The molecule has 0 bridgehead atoms. The number of nitrogens with one attached hydrogen (secondary N) is 1. The Morgan fingerprint density at radius 2 is 1.50 bits per heavy atom. The fraction of sp³-hybridized carbons (Fsp3) is 0.200. The summed E-state index contributed by atoms with van der Waals surface area (Å²) in [6.45, 7) is -0.647. The molecule has 0 radical (unpaired) electrons. The molecular formula is C15H15N3O7S.